The maximum atomic E-state index is 13.3. The van der Waals surface area contributed by atoms with Crippen molar-refractivity contribution in [2.24, 2.45) is 0 Å². The van der Waals surface area contributed by atoms with Gasteiger partial charge in [-0.15, -0.1) is 0 Å². The maximum Gasteiger partial charge on any atom is 0.220 e. The number of ether oxygens (including phenoxy) is 1. The largest absolute Gasteiger partial charge is 0.491 e. The van der Waals surface area contributed by atoms with Crippen molar-refractivity contribution in [3.8, 4) is 5.75 Å². The highest BCUT2D eigenvalue weighted by molar-refractivity contribution is 9.10. The SMILES string of the molecule is O=C(CCCOc1ccccc1F)NCc1cc(F)ccc1Br. The molecule has 0 fully saturated rings. The van der Waals surface area contributed by atoms with Crippen molar-refractivity contribution in [1.29, 1.82) is 0 Å². The number of amides is 1. The minimum absolute atomic E-state index is 0.168. The first-order chi connectivity index (χ1) is 11.1. The van der Waals surface area contributed by atoms with Crippen molar-refractivity contribution in [3.05, 3.63) is 64.1 Å². The van der Waals surface area contributed by atoms with E-state index in [4.69, 9.17) is 4.74 Å². The molecule has 122 valence electrons. The third-order valence-electron chi connectivity index (χ3n) is 3.13. The Hall–Kier alpha value is -1.95. The molecule has 0 unspecified atom stereocenters. The molecule has 23 heavy (non-hydrogen) atoms. The van der Waals surface area contributed by atoms with Gasteiger partial charge in [-0.3, -0.25) is 4.79 Å². The predicted molar refractivity (Wildman–Crippen MR) is 87.1 cm³/mol. The van der Waals surface area contributed by atoms with Gasteiger partial charge in [0.2, 0.25) is 5.91 Å². The Bertz CT molecular complexity index is 679. The van der Waals surface area contributed by atoms with Crippen LogP contribution in [0.4, 0.5) is 8.78 Å². The zero-order valence-electron chi connectivity index (χ0n) is 12.3. The van der Waals surface area contributed by atoms with Crippen LogP contribution >= 0.6 is 15.9 Å². The lowest BCUT2D eigenvalue weighted by atomic mass is 10.2. The van der Waals surface area contributed by atoms with E-state index < -0.39 is 5.82 Å². The van der Waals surface area contributed by atoms with Crippen molar-refractivity contribution in [2.45, 2.75) is 19.4 Å². The summed E-state index contributed by atoms with van der Waals surface area (Å²) in [4.78, 5) is 11.7. The lowest BCUT2D eigenvalue weighted by molar-refractivity contribution is -0.121. The van der Waals surface area contributed by atoms with Gasteiger partial charge in [0.25, 0.3) is 0 Å². The second-order valence-electron chi connectivity index (χ2n) is 4.89. The third kappa shape index (κ3) is 5.63. The molecule has 3 nitrogen and oxygen atoms in total. The summed E-state index contributed by atoms with van der Waals surface area (Å²) >= 11 is 3.30. The first kappa shape index (κ1) is 17.4. The van der Waals surface area contributed by atoms with Crippen LogP contribution in [0.25, 0.3) is 0 Å². The van der Waals surface area contributed by atoms with Crippen molar-refractivity contribution < 1.29 is 18.3 Å². The van der Waals surface area contributed by atoms with E-state index in [0.717, 1.165) is 4.47 Å². The van der Waals surface area contributed by atoms with Gasteiger partial charge in [0.15, 0.2) is 11.6 Å². The number of carbonyl (C=O) groups is 1. The molecule has 0 radical (unpaired) electrons. The summed E-state index contributed by atoms with van der Waals surface area (Å²) in [6.45, 7) is 0.489. The Balaban J connectivity index is 1.69. The van der Waals surface area contributed by atoms with Crippen LogP contribution in [0.1, 0.15) is 18.4 Å². The van der Waals surface area contributed by atoms with E-state index in [9.17, 15) is 13.6 Å². The molecule has 0 saturated carbocycles. The Labute approximate surface area is 141 Å². The fourth-order valence-corrected chi connectivity index (χ4v) is 2.32. The fourth-order valence-electron chi connectivity index (χ4n) is 1.94. The van der Waals surface area contributed by atoms with E-state index in [1.807, 2.05) is 0 Å². The summed E-state index contributed by atoms with van der Waals surface area (Å²) in [5.41, 5.74) is 0.668. The summed E-state index contributed by atoms with van der Waals surface area (Å²) in [7, 11) is 0. The van der Waals surface area contributed by atoms with Gasteiger partial charge < -0.3 is 10.1 Å². The normalized spacial score (nSPS) is 10.4. The monoisotopic (exact) mass is 383 g/mol. The first-order valence-electron chi connectivity index (χ1n) is 7.14. The summed E-state index contributed by atoms with van der Waals surface area (Å²) in [6, 6.07) is 10.4. The van der Waals surface area contributed by atoms with Crippen LogP contribution in [0.2, 0.25) is 0 Å². The maximum absolute atomic E-state index is 13.3. The van der Waals surface area contributed by atoms with Crippen LogP contribution in [0.5, 0.6) is 5.75 Å². The van der Waals surface area contributed by atoms with E-state index in [-0.39, 0.29) is 37.0 Å². The molecule has 2 aromatic carbocycles. The number of carbonyl (C=O) groups excluding carboxylic acids is 1. The zero-order valence-corrected chi connectivity index (χ0v) is 13.9. The topological polar surface area (TPSA) is 38.3 Å². The van der Waals surface area contributed by atoms with E-state index in [1.165, 1.54) is 24.3 Å². The minimum atomic E-state index is -0.423. The van der Waals surface area contributed by atoms with Crippen LogP contribution in [0, 0.1) is 11.6 Å². The van der Waals surface area contributed by atoms with E-state index in [2.05, 4.69) is 21.2 Å². The third-order valence-corrected chi connectivity index (χ3v) is 3.90. The van der Waals surface area contributed by atoms with Crippen LogP contribution in [0.3, 0.4) is 0 Å². The van der Waals surface area contributed by atoms with Crippen molar-refractivity contribution in [2.75, 3.05) is 6.61 Å². The summed E-state index contributed by atoms with van der Waals surface area (Å²) < 4.78 is 32.5. The molecule has 0 aliphatic carbocycles. The smallest absolute Gasteiger partial charge is 0.220 e. The van der Waals surface area contributed by atoms with Crippen LogP contribution < -0.4 is 10.1 Å². The molecule has 1 amide bonds. The van der Waals surface area contributed by atoms with E-state index in [0.29, 0.717) is 12.0 Å². The van der Waals surface area contributed by atoms with Crippen LogP contribution in [-0.2, 0) is 11.3 Å². The lowest BCUT2D eigenvalue weighted by Crippen LogP contribution is -2.23. The Kier molecular flexibility index (Phi) is 6.52. The first-order valence-corrected chi connectivity index (χ1v) is 7.93. The quantitative estimate of drug-likeness (QED) is 0.727. The molecular formula is C17H16BrF2NO2. The second kappa shape index (κ2) is 8.62. The molecular weight excluding hydrogens is 368 g/mol. The Morgan fingerprint density at radius 2 is 1.96 bits per heavy atom. The molecule has 2 aromatic rings. The van der Waals surface area contributed by atoms with Gasteiger partial charge in [-0.1, -0.05) is 28.1 Å². The van der Waals surface area contributed by atoms with Gasteiger partial charge in [-0.2, -0.15) is 0 Å². The number of rotatable bonds is 7. The zero-order chi connectivity index (χ0) is 16.7. The van der Waals surface area contributed by atoms with Gasteiger partial charge in [0.05, 0.1) is 6.61 Å². The van der Waals surface area contributed by atoms with Crippen molar-refractivity contribution in [3.63, 3.8) is 0 Å². The molecule has 0 aromatic heterocycles. The van der Waals surface area contributed by atoms with Crippen molar-refractivity contribution >= 4 is 21.8 Å². The molecule has 0 atom stereocenters. The number of benzene rings is 2. The number of nitrogens with one attached hydrogen (secondary N) is 1. The summed E-state index contributed by atoms with van der Waals surface area (Å²) in [5, 5.41) is 2.71. The minimum Gasteiger partial charge on any atom is -0.491 e. The number of hydrogen-bond donors (Lipinski definition) is 1. The molecule has 0 saturated heterocycles. The predicted octanol–water partition coefficient (Wildman–Crippen LogP) is 4.20. The molecule has 0 bridgehead atoms. The van der Waals surface area contributed by atoms with Crippen LogP contribution in [0.15, 0.2) is 46.9 Å². The molecule has 0 heterocycles. The van der Waals surface area contributed by atoms with E-state index >= 15 is 0 Å². The molecule has 1 N–H and O–H groups in total. The van der Waals surface area contributed by atoms with Gasteiger partial charge in [-0.25, -0.2) is 8.78 Å². The number of halogens is 3. The highest BCUT2D eigenvalue weighted by Gasteiger charge is 2.06. The fraction of sp³-hybridized carbons (Fsp3) is 0.235. The number of para-hydroxylation sites is 1. The number of hydrogen-bond acceptors (Lipinski definition) is 2. The second-order valence-corrected chi connectivity index (χ2v) is 5.75. The average Bonchev–Trinajstić information content (AvgIpc) is 2.54. The van der Waals surface area contributed by atoms with Gasteiger partial charge in [0, 0.05) is 17.4 Å². The van der Waals surface area contributed by atoms with Crippen LogP contribution in [-0.4, -0.2) is 12.5 Å². The summed E-state index contributed by atoms with van der Waals surface area (Å²) in [5.74, 6) is -0.765. The highest BCUT2D eigenvalue weighted by Crippen LogP contribution is 2.18. The molecule has 0 spiro atoms. The standard InChI is InChI=1S/C17H16BrF2NO2/c18-14-8-7-13(19)10-12(14)11-21-17(22)6-3-9-23-16-5-2-1-4-15(16)20/h1-2,4-5,7-8,10H,3,6,9,11H2,(H,21,22). The van der Waals surface area contributed by atoms with Gasteiger partial charge in [-0.05, 0) is 42.3 Å². The molecule has 2 rings (SSSR count). The van der Waals surface area contributed by atoms with Gasteiger partial charge >= 0.3 is 0 Å². The average molecular weight is 384 g/mol. The van der Waals surface area contributed by atoms with Crippen molar-refractivity contribution in [1.82, 2.24) is 5.32 Å². The molecule has 0 aliphatic rings. The van der Waals surface area contributed by atoms with E-state index in [1.54, 1.807) is 18.2 Å². The highest BCUT2D eigenvalue weighted by atomic mass is 79.9. The molecule has 6 heteroatoms. The Morgan fingerprint density at radius 3 is 2.74 bits per heavy atom. The Morgan fingerprint density at radius 1 is 1.17 bits per heavy atom. The van der Waals surface area contributed by atoms with Gasteiger partial charge in [0.1, 0.15) is 5.82 Å². The summed E-state index contributed by atoms with van der Waals surface area (Å²) in [6.07, 6.45) is 0.714. The lowest BCUT2D eigenvalue weighted by Gasteiger charge is -2.09. The molecule has 0 aliphatic heterocycles.